The van der Waals surface area contributed by atoms with Gasteiger partial charge >= 0.3 is 0 Å². The van der Waals surface area contributed by atoms with E-state index in [1.165, 1.54) is 6.42 Å². The summed E-state index contributed by atoms with van der Waals surface area (Å²) >= 11 is 0. The molecule has 130 valence electrons. The number of nitrogens with zero attached hydrogens (tertiary/aromatic N) is 3. The van der Waals surface area contributed by atoms with Crippen LogP contribution in [0, 0.1) is 0 Å². The first-order chi connectivity index (χ1) is 11.3. The van der Waals surface area contributed by atoms with Crippen molar-refractivity contribution in [1.82, 2.24) is 9.78 Å². The maximum absolute atomic E-state index is 12.4. The molecule has 1 N–H and O–H groups in total. The van der Waals surface area contributed by atoms with Crippen LogP contribution in [0.3, 0.4) is 0 Å². The van der Waals surface area contributed by atoms with Crippen molar-refractivity contribution in [2.75, 3.05) is 23.8 Å². The summed E-state index contributed by atoms with van der Waals surface area (Å²) in [6.07, 6.45) is 5.87. The Hall–Kier alpha value is -2.30. The summed E-state index contributed by atoms with van der Waals surface area (Å²) in [5.41, 5.74) is 2.37. The lowest BCUT2D eigenvalue weighted by atomic mass is 10.1. The van der Waals surface area contributed by atoms with Gasteiger partial charge in [0.05, 0.1) is 17.4 Å². The quantitative estimate of drug-likeness (QED) is 0.867. The van der Waals surface area contributed by atoms with E-state index in [1.54, 1.807) is 6.20 Å². The van der Waals surface area contributed by atoms with Gasteiger partial charge in [0, 0.05) is 31.0 Å². The van der Waals surface area contributed by atoms with Gasteiger partial charge in [-0.2, -0.15) is 5.10 Å². The van der Waals surface area contributed by atoms with Crippen LogP contribution in [0.4, 0.5) is 11.4 Å². The van der Waals surface area contributed by atoms with E-state index in [0.717, 1.165) is 18.7 Å². The summed E-state index contributed by atoms with van der Waals surface area (Å²) in [5, 5.41) is 7.19. The van der Waals surface area contributed by atoms with Crippen LogP contribution in [-0.4, -0.2) is 29.3 Å². The molecular weight excluding hydrogens is 300 g/mol. The van der Waals surface area contributed by atoms with Crippen LogP contribution in [0.15, 0.2) is 36.7 Å². The average Bonchev–Trinajstić information content (AvgIpc) is 3.01. The number of carbonyl (C=O) groups excluding carboxylic acids is 1. The number of nitrogens with one attached hydrogen (secondary N) is 1. The van der Waals surface area contributed by atoms with Crippen molar-refractivity contribution in [1.29, 1.82) is 0 Å². The van der Waals surface area contributed by atoms with Gasteiger partial charge in [0.1, 0.15) is 0 Å². The molecular formula is C19H28N4O. The Balaban J connectivity index is 2.01. The van der Waals surface area contributed by atoms with Crippen LogP contribution >= 0.6 is 0 Å². The molecule has 0 bridgehead atoms. The summed E-state index contributed by atoms with van der Waals surface area (Å²) in [7, 11) is 2.08. The predicted octanol–water partition coefficient (Wildman–Crippen LogP) is 4.13. The molecule has 0 unspecified atom stereocenters. The zero-order chi connectivity index (χ0) is 17.7. The maximum atomic E-state index is 12.4. The third-order valence-corrected chi connectivity index (χ3v) is 3.95. The number of rotatable bonds is 6. The number of unbranched alkanes of at least 4 members (excludes halogenated alkanes) is 1. The zero-order valence-electron chi connectivity index (χ0n) is 15.3. The van der Waals surface area contributed by atoms with Gasteiger partial charge in [-0.25, -0.2) is 0 Å². The van der Waals surface area contributed by atoms with Gasteiger partial charge in [-0.1, -0.05) is 13.3 Å². The van der Waals surface area contributed by atoms with E-state index >= 15 is 0 Å². The number of carbonyl (C=O) groups is 1. The largest absolute Gasteiger partial charge is 0.375 e. The molecule has 0 aliphatic carbocycles. The molecule has 0 radical (unpaired) electrons. The van der Waals surface area contributed by atoms with Crippen molar-refractivity contribution in [3.05, 3.63) is 42.2 Å². The molecule has 2 rings (SSSR count). The van der Waals surface area contributed by atoms with Crippen molar-refractivity contribution >= 4 is 17.3 Å². The lowest BCUT2D eigenvalue weighted by Gasteiger charge is -2.19. The number of anilines is 2. The molecule has 0 fully saturated rings. The SMILES string of the molecule is CCCCN(C)c1ccc(C(=O)Nc2cnn(C(C)(C)C)c2)cc1. The van der Waals surface area contributed by atoms with Crippen molar-refractivity contribution < 1.29 is 4.79 Å². The average molecular weight is 328 g/mol. The molecule has 24 heavy (non-hydrogen) atoms. The van der Waals surface area contributed by atoms with E-state index < -0.39 is 0 Å². The Morgan fingerprint density at radius 2 is 1.92 bits per heavy atom. The van der Waals surface area contributed by atoms with Crippen LogP contribution in [0.1, 0.15) is 50.9 Å². The van der Waals surface area contributed by atoms with Gasteiger partial charge in [-0.3, -0.25) is 9.48 Å². The Labute approximate surface area is 144 Å². The first kappa shape index (κ1) is 18.0. The molecule has 0 aliphatic heterocycles. The molecule has 0 aliphatic rings. The highest BCUT2D eigenvalue weighted by Gasteiger charge is 2.15. The number of amides is 1. The van der Waals surface area contributed by atoms with Gasteiger partial charge < -0.3 is 10.2 Å². The fourth-order valence-electron chi connectivity index (χ4n) is 2.35. The molecule has 1 aromatic carbocycles. The van der Waals surface area contributed by atoms with E-state index in [2.05, 4.69) is 50.1 Å². The lowest BCUT2D eigenvalue weighted by molar-refractivity contribution is 0.102. The van der Waals surface area contributed by atoms with E-state index in [-0.39, 0.29) is 11.4 Å². The minimum atomic E-state index is -0.119. The monoisotopic (exact) mass is 328 g/mol. The highest BCUT2D eigenvalue weighted by molar-refractivity contribution is 6.04. The highest BCUT2D eigenvalue weighted by Crippen LogP contribution is 2.18. The second kappa shape index (κ2) is 7.51. The van der Waals surface area contributed by atoms with Crippen LogP contribution in [0.5, 0.6) is 0 Å². The molecule has 1 heterocycles. The van der Waals surface area contributed by atoms with E-state index in [9.17, 15) is 4.79 Å². The molecule has 1 amide bonds. The van der Waals surface area contributed by atoms with Gasteiger partial charge in [-0.15, -0.1) is 0 Å². The van der Waals surface area contributed by atoms with Crippen LogP contribution < -0.4 is 10.2 Å². The normalized spacial score (nSPS) is 11.4. The molecule has 2 aromatic rings. The predicted molar refractivity (Wildman–Crippen MR) is 99.8 cm³/mol. The van der Waals surface area contributed by atoms with Crippen LogP contribution in [0.2, 0.25) is 0 Å². The van der Waals surface area contributed by atoms with E-state index in [0.29, 0.717) is 11.3 Å². The minimum Gasteiger partial charge on any atom is -0.375 e. The highest BCUT2D eigenvalue weighted by atomic mass is 16.1. The van der Waals surface area contributed by atoms with Crippen molar-refractivity contribution in [2.24, 2.45) is 0 Å². The second-order valence-corrected chi connectivity index (χ2v) is 7.12. The number of aromatic nitrogens is 2. The fourth-order valence-corrected chi connectivity index (χ4v) is 2.35. The molecule has 5 heteroatoms. The van der Waals surface area contributed by atoms with Crippen LogP contribution in [0.25, 0.3) is 0 Å². The minimum absolute atomic E-state index is 0.103. The number of benzene rings is 1. The Bertz CT molecular complexity index is 667. The first-order valence-electron chi connectivity index (χ1n) is 8.49. The summed E-state index contributed by atoms with van der Waals surface area (Å²) in [6.45, 7) is 9.41. The Morgan fingerprint density at radius 3 is 2.46 bits per heavy atom. The molecule has 0 saturated heterocycles. The van der Waals surface area contributed by atoms with Crippen LogP contribution in [-0.2, 0) is 5.54 Å². The fraction of sp³-hybridized carbons (Fsp3) is 0.474. The number of hydrogen-bond donors (Lipinski definition) is 1. The van der Waals surface area contributed by atoms with E-state index in [1.807, 2.05) is 35.1 Å². The first-order valence-corrected chi connectivity index (χ1v) is 8.49. The van der Waals surface area contributed by atoms with Crippen molar-refractivity contribution in [3.63, 3.8) is 0 Å². The third kappa shape index (κ3) is 4.60. The van der Waals surface area contributed by atoms with Gasteiger partial charge in [0.2, 0.25) is 0 Å². The maximum Gasteiger partial charge on any atom is 0.255 e. The topological polar surface area (TPSA) is 50.2 Å². The van der Waals surface area contributed by atoms with Gasteiger partial charge in [-0.05, 0) is 51.5 Å². The molecule has 0 saturated carbocycles. The summed E-state index contributed by atoms with van der Waals surface area (Å²) in [5.74, 6) is -0.119. The zero-order valence-corrected chi connectivity index (χ0v) is 15.3. The van der Waals surface area contributed by atoms with Gasteiger partial charge in [0.25, 0.3) is 5.91 Å². The van der Waals surface area contributed by atoms with Crippen molar-refractivity contribution in [2.45, 2.75) is 46.1 Å². The number of hydrogen-bond acceptors (Lipinski definition) is 3. The molecule has 0 atom stereocenters. The molecule has 5 nitrogen and oxygen atoms in total. The molecule has 1 aromatic heterocycles. The molecule has 0 spiro atoms. The Kier molecular flexibility index (Phi) is 5.65. The van der Waals surface area contributed by atoms with E-state index in [4.69, 9.17) is 0 Å². The second-order valence-electron chi connectivity index (χ2n) is 7.12. The summed E-state index contributed by atoms with van der Waals surface area (Å²) in [6, 6.07) is 7.70. The smallest absolute Gasteiger partial charge is 0.255 e. The van der Waals surface area contributed by atoms with Gasteiger partial charge in [0.15, 0.2) is 0 Å². The third-order valence-electron chi connectivity index (χ3n) is 3.95. The summed E-state index contributed by atoms with van der Waals surface area (Å²) in [4.78, 5) is 14.6. The Morgan fingerprint density at radius 1 is 1.25 bits per heavy atom. The lowest BCUT2D eigenvalue weighted by Crippen LogP contribution is -2.22. The summed E-state index contributed by atoms with van der Waals surface area (Å²) < 4.78 is 1.84. The van der Waals surface area contributed by atoms with Crippen molar-refractivity contribution in [3.8, 4) is 0 Å². The standard InChI is InChI=1S/C19H28N4O/c1-6-7-12-22(5)17-10-8-15(9-11-17)18(24)21-16-13-20-23(14-16)19(2,3)4/h8-11,13-14H,6-7,12H2,1-5H3,(H,21,24).